The lowest BCUT2D eigenvalue weighted by Crippen LogP contribution is -2.45. The molecule has 0 saturated carbocycles. The number of thiazole rings is 1. The number of hydrogen-bond acceptors (Lipinski definition) is 6. The van der Waals surface area contributed by atoms with Crippen molar-refractivity contribution >= 4 is 33.4 Å². The van der Waals surface area contributed by atoms with Gasteiger partial charge in [0.2, 0.25) is 0 Å². The van der Waals surface area contributed by atoms with E-state index in [1.807, 2.05) is 45.0 Å². The molecule has 1 aromatic heterocycles. The van der Waals surface area contributed by atoms with Gasteiger partial charge >= 0.3 is 5.97 Å². The number of nitrogens with one attached hydrogen (secondary N) is 1. The number of aromatic nitrogens is 1. The predicted octanol–water partition coefficient (Wildman–Crippen LogP) is 4.19. The van der Waals surface area contributed by atoms with E-state index in [1.54, 1.807) is 24.3 Å². The molecule has 1 atom stereocenters. The lowest BCUT2D eigenvalue weighted by Gasteiger charge is -2.21. The summed E-state index contributed by atoms with van der Waals surface area (Å²) < 4.78 is 12.0. The molecule has 0 fully saturated rings. The molecule has 7 heteroatoms. The van der Waals surface area contributed by atoms with Gasteiger partial charge in [0.15, 0.2) is 0 Å². The zero-order chi connectivity index (χ0) is 20.8. The van der Waals surface area contributed by atoms with Crippen molar-refractivity contribution in [3.05, 3.63) is 59.1 Å². The number of benzene rings is 2. The Hall–Kier alpha value is -2.93. The van der Waals surface area contributed by atoms with Crippen LogP contribution in [0.3, 0.4) is 0 Å². The van der Waals surface area contributed by atoms with Crippen LogP contribution in [0.15, 0.2) is 48.5 Å². The molecule has 2 aromatic carbocycles. The Bertz CT molecular complexity index is 966. The monoisotopic (exact) mass is 412 g/mol. The maximum atomic E-state index is 12.7. The summed E-state index contributed by atoms with van der Waals surface area (Å²) in [5.74, 6) is -0.509. The van der Waals surface area contributed by atoms with Crippen LogP contribution in [0.25, 0.3) is 10.2 Å². The molecule has 152 valence electrons. The number of amides is 1. The highest BCUT2D eigenvalue weighted by Gasteiger charge is 2.27. The van der Waals surface area contributed by atoms with E-state index in [9.17, 15) is 9.59 Å². The van der Waals surface area contributed by atoms with Crippen LogP contribution in [0, 0.1) is 5.92 Å². The number of esters is 1. The summed E-state index contributed by atoms with van der Waals surface area (Å²) in [6, 6.07) is 13.9. The number of carbonyl (C=O) groups is 2. The number of hydrogen-bond donors (Lipinski definition) is 1. The van der Waals surface area contributed by atoms with Gasteiger partial charge in [-0.05, 0) is 37.1 Å². The molecule has 3 rings (SSSR count). The highest BCUT2D eigenvalue weighted by Crippen LogP contribution is 2.22. The van der Waals surface area contributed by atoms with Gasteiger partial charge in [-0.2, -0.15) is 0 Å². The second-order valence-corrected chi connectivity index (χ2v) is 7.92. The molecular formula is C22H24N2O4S. The van der Waals surface area contributed by atoms with Crippen molar-refractivity contribution in [2.45, 2.75) is 33.4 Å². The number of para-hydroxylation sites is 2. The SMILES string of the molecule is CCOc1ccccc1C(=O)N[C@@H](C(=O)OCc1nc2ccccc2s1)C(C)C. The summed E-state index contributed by atoms with van der Waals surface area (Å²) in [4.78, 5) is 29.9. The van der Waals surface area contributed by atoms with E-state index in [4.69, 9.17) is 9.47 Å². The van der Waals surface area contributed by atoms with E-state index in [-0.39, 0.29) is 18.4 Å². The van der Waals surface area contributed by atoms with Gasteiger partial charge in [0.05, 0.1) is 22.4 Å². The smallest absolute Gasteiger partial charge is 0.329 e. The second-order valence-electron chi connectivity index (χ2n) is 6.81. The molecule has 0 unspecified atom stereocenters. The van der Waals surface area contributed by atoms with Crippen molar-refractivity contribution in [2.24, 2.45) is 5.92 Å². The van der Waals surface area contributed by atoms with Crippen LogP contribution in [0.2, 0.25) is 0 Å². The minimum atomic E-state index is -0.772. The first-order valence-electron chi connectivity index (χ1n) is 9.53. The van der Waals surface area contributed by atoms with Crippen molar-refractivity contribution in [1.82, 2.24) is 10.3 Å². The van der Waals surface area contributed by atoms with Gasteiger partial charge in [-0.15, -0.1) is 11.3 Å². The molecule has 0 aliphatic rings. The normalized spacial score (nSPS) is 12.0. The highest BCUT2D eigenvalue weighted by atomic mass is 32.1. The Morgan fingerprint density at radius 1 is 1.10 bits per heavy atom. The number of nitrogens with zero attached hydrogens (tertiary/aromatic N) is 1. The Balaban J connectivity index is 1.67. The summed E-state index contributed by atoms with van der Waals surface area (Å²) in [6.45, 7) is 6.09. The first-order chi connectivity index (χ1) is 14.0. The maximum absolute atomic E-state index is 12.7. The average molecular weight is 413 g/mol. The van der Waals surface area contributed by atoms with Crippen molar-refractivity contribution in [3.63, 3.8) is 0 Å². The van der Waals surface area contributed by atoms with Crippen molar-refractivity contribution in [2.75, 3.05) is 6.61 Å². The molecule has 0 saturated heterocycles. The van der Waals surface area contributed by atoms with Crippen LogP contribution < -0.4 is 10.1 Å². The van der Waals surface area contributed by atoms with Gasteiger partial charge in [-0.3, -0.25) is 4.79 Å². The molecule has 1 N–H and O–H groups in total. The maximum Gasteiger partial charge on any atom is 0.329 e. The van der Waals surface area contributed by atoms with Crippen LogP contribution in [0.4, 0.5) is 0 Å². The third kappa shape index (κ3) is 5.12. The van der Waals surface area contributed by atoms with E-state index in [0.717, 1.165) is 15.2 Å². The van der Waals surface area contributed by atoms with Crippen LogP contribution in [-0.4, -0.2) is 29.5 Å². The van der Waals surface area contributed by atoms with Crippen molar-refractivity contribution < 1.29 is 19.1 Å². The molecular weight excluding hydrogens is 388 g/mol. The standard InChI is InChI=1S/C22H24N2O4S/c1-4-27-17-11-7-5-9-15(17)21(25)24-20(14(2)3)22(26)28-13-19-23-16-10-6-8-12-18(16)29-19/h5-12,14,20H,4,13H2,1-3H3,(H,24,25)/t20-/m1/s1. The van der Waals surface area contributed by atoms with E-state index >= 15 is 0 Å². The molecule has 29 heavy (non-hydrogen) atoms. The fraction of sp³-hybridized carbons (Fsp3) is 0.318. The molecule has 1 heterocycles. The van der Waals surface area contributed by atoms with Crippen LogP contribution in [0.1, 0.15) is 36.1 Å². The molecule has 0 radical (unpaired) electrons. The summed E-state index contributed by atoms with van der Waals surface area (Å²) in [6.07, 6.45) is 0. The topological polar surface area (TPSA) is 77.5 Å². The zero-order valence-electron chi connectivity index (χ0n) is 16.7. The summed E-state index contributed by atoms with van der Waals surface area (Å²) in [7, 11) is 0. The van der Waals surface area contributed by atoms with E-state index in [2.05, 4.69) is 10.3 Å². The number of rotatable bonds is 8. The van der Waals surface area contributed by atoms with Gasteiger partial charge in [0.25, 0.3) is 5.91 Å². The molecule has 0 spiro atoms. The fourth-order valence-corrected chi connectivity index (χ4v) is 3.74. The van der Waals surface area contributed by atoms with E-state index < -0.39 is 12.0 Å². The van der Waals surface area contributed by atoms with Crippen molar-refractivity contribution in [1.29, 1.82) is 0 Å². The molecule has 0 aliphatic heterocycles. The Kier molecular flexibility index (Phi) is 6.82. The number of ether oxygens (including phenoxy) is 2. The summed E-state index contributed by atoms with van der Waals surface area (Å²) in [5.41, 5.74) is 1.27. The fourth-order valence-electron chi connectivity index (χ4n) is 2.86. The van der Waals surface area contributed by atoms with Gasteiger partial charge in [-0.1, -0.05) is 38.1 Å². The van der Waals surface area contributed by atoms with E-state index in [1.165, 1.54) is 11.3 Å². The van der Waals surface area contributed by atoms with Gasteiger partial charge in [0, 0.05) is 0 Å². The van der Waals surface area contributed by atoms with Crippen LogP contribution >= 0.6 is 11.3 Å². The number of carbonyl (C=O) groups excluding carboxylic acids is 2. The van der Waals surface area contributed by atoms with Gasteiger partial charge in [-0.25, -0.2) is 9.78 Å². The van der Waals surface area contributed by atoms with E-state index in [0.29, 0.717) is 17.9 Å². The largest absolute Gasteiger partial charge is 0.493 e. The Morgan fingerprint density at radius 3 is 2.55 bits per heavy atom. The molecule has 1 amide bonds. The summed E-state index contributed by atoms with van der Waals surface area (Å²) >= 11 is 1.49. The lowest BCUT2D eigenvalue weighted by molar-refractivity contribution is -0.148. The first-order valence-corrected chi connectivity index (χ1v) is 10.3. The van der Waals surface area contributed by atoms with Crippen LogP contribution in [-0.2, 0) is 16.1 Å². The molecule has 0 bridgehead atoms. The minimum absolute atomic E-state index is 0.0762. The van der Waals surface area contributed by atoms with Crippen molar-refractivity contribution in [3.8, 4) is 5.75 Å². The average Bonchev–Trinajstić information content (AvgIpc) is 3.13. The molecule has 0 aliphatic carbocycles. The second kappa shape index (κ2) is 9.52. The minimum Gasteiger partial charge on any atom is -0.493 e. The zero-order valence-corrected chi connectivity index (χ0v) is 17.5. The Labute approximate surface area is 173 Å². The Morgan fingerprint density at radius 2 is 1.83 bits per heavy atom. The summed E-state index contributed by atoms with van der Waals surface area (Å²) in [5, 5.41) is 3.50. The third-order valence-electron chi connectivity index (χ3n) is 4.31. The van der Waals surface area contributed by atoms with Gasteiger partial charge < -0.3 is 14.8 Å². The number of fused-ring (bicyclic) bond motifs is 1. The predicted molar refractivity (Wildman–Crippen MR) is 113 cm³/mol. The third-order valence-corrected chi connectivity index (χ3v) is 5.32. The van der Waals surface area contributed by atoms with Crippen LogP contribution in [0.5, 0.6) is 5.75 Å². The highest BCUT2D eigenvalue weighted by molar-refractivity contribution is 7.18. The molecule has 6 nitrogen and oxygen atoms in total. The molecule has 3 aromatic rings. The quantitative estimate of drug-likeness (QED) is 0.561. The lowest BCUT2D eigenvalue weighted by atomic mass is 10.0. The van der Waals surface area contributed by atoms with Gasteiger partial charge in [0.1, 0.15) is 23.4 Å². The first kappa shape index (κ1) is 20.8.